The van der Waals surface area contributed by atoms with Crippen molar-refractivity contribution in [2.45, 2.75) is 0 Å². The van der Waals surface area contributed by atoms with E-state index in [9.17, 15) is 0 Å². The SMILES string of the molecule is c1ccc(-n2c3ccccc3c3cccc(-c4nc(-c5ccccc5-n5c6ccccc6c6ccccc65)nc(-n5c6ccccc6c6ccccc65)n4)c32)cc1. The van der Waals surface area contributed by atoms with Crippen molar-refractivity contribution in [3.63, 3.8) is 0 Å². The molecular weight excluding hydrogens is 697 g/mol. The molecule has 12 rings (SSSR count). The van der Waals surface area contributed by atoms with Gasteiger partial charge in [-0.1, -0.05) is 133 Å². The van der Waals surface area contributed by atoms with Gasteiger partial charge in [0, 0.05) is 49.1 Å². The zero-order valence-corrected chi connectivity index (χ0v) is 30.7. The van der Waals surface area contributed by atoms with Crippen LogP contribution >= 0.6 is 0 Å². The van der Waals surface area contributed by atoms with E-state index in [-0.39, 0.29) is 0 Å². The van der Waals surface area contributed by atoms with E-state index in [1.807, 2.05) is 0 Å². The minimum absolute atomic E-state index is 0.559. The lowest BCUT2D eigenvalue weighted by Gasteiger charge is -2.16. The molecule has 6 nitrogen and oxygen atoms in total. The molecule has 0 radical (unpaired) electrons. The number of nitrogens with zero attached hydrogens (tertiary/aromatic N) is 6. The van der Waals surface area contributed by atoms with Crippen molar-refractivity contribution in [1.82, 2.24) is 28.7 Å². The Labute approximate surface area is 327 Å². The van der Waals surface area contributed by atoms with Crippen LogP contribution in [0.5, 0.6) is 0 Å². The Kier molecular flexibility index (Phi) is 6.83. The van der Waals surface area contributed by atoms with Gasteiger partial charge in [-0.25, -0.2) is 4.98 Å². The number of aromatic nitrogens is 6. The van der Waals surface area contributed by atoms with Crippen LogP contribution in [0.25, 0.3) is 106 Å². The van der Waals surface area contributed by atoms with Gasteiger partial charge in [0.1, 0.15) is 0 Å². The van der Waals surface area contributed by atoms with Gasteiger partial charge in [0.05, 0.1) is 38.8 Å². The molecule has 266 valence electrons. The molecule has 0 N–H and O–H groups in total. The Morgan fingerprint density at radius 2 is 0.684 bits per heavy atom. The van der Waals surface area contributed by atoms with Crippen molar-refractivity contribution < 1.29 is 0 Å². The van der Waals surface area contributed by atoms with E-state index < -0.39 is 0 Å². The summed E-state index contributed by atoms with van der Waals surface area (Å²) in [7, 11) is 0. The van der Waals surface area contributed by atoms with Gasteiger partial charge < -0.3 is 9.13 Å². The first-order chi connectivity index (χ1) is 28.3. The van der Waals surface area contributed by atoms with Crippen molar-refractivity contribution in [3.8, 4) is 40.1 Å². The maximum absolute atomic E-state index is 5.47. The predicted molar refractivity (Wildman–Crippen MR) is 234 cm³/mol. The monoisotopic (exact) mass is 728 g/mol. The third-order valence-electron chi connectivity index (χ3n) is 11.3. The van der Waals surface area contributed by atoms with Crippen LogP contribution in [0.1, 0.15) is 0 Å². The summed E-state index contributed by atoms with van der Waals surface area (Å²) in [6.45, 7) is 0. The second kappa shape index (κ2) is 12.3. The Morgan fingerprint density at radius 3 is 1.26 bits per heavy atom. The van der Waals surface area contributed by atoms with Crippen molar-refractivity contribution in [2.24, 2.45) is 0 Å². The summed E-state index contributed by atoms with van der Waals surface area (Å²) in [5, 5.41) is 7.00. The molecule has 8 aromatic carbocycles. The van der Waals surface area contributed by atoms with Crippen molar-refractivity contribution in [1.29, 1.82) is 0 Å². The number of hydrogen-bond donors (Lipinski definition) is 0. The molecule has 0 spiro atoms. The van der Waals surface area contributed by atoms with E-state index >= 15 is 0 Å². The average molecular weight is 729 g/mol. The van der Waals surface area contributed by atoms with Gasteiger partial charge in [0.25, 0.3) is 0 Å². The average Bonchev–Trinajstić information content (AvgIpc) is 3.93. The van der Waals surface area contributed by atoms with Crippen LogP contribution in [0.2, 0.25) is 0 Å². The standard InChI is InChI=1S/C51H32N6/c1-2-17-33(18-3-1)55-42-27-10-8-23-38(42)39-25-16-26-41(48(39)55)50-52-49(53-51(54-50)57-45-30-13-6-21-36(45)37-22-7-14-31-46(37)57)40-24-9-15-32-47(40)56-43-28-11-4-19-34(43)35-20-5-12-29-44(35)56/h1-32H. The van der Waals surface area contributed by atoms with Crippen LogP contribution in [0.4, 0.5) is 0 Å². The minimum Gasteiger partial charge on any atom is -0.309 e. The molecule has 4 aromatic heterocycles. The van der Waals surface area contributed by atoms with E-state index in [1.54, 1.807) is 0 Å². The molecule has 6 heteroatoms. The topological polar surface area (TPSA) is 53.5 Å². The quantitative estimate of drug-likeness (QED) is 0.177. The van der Waals surface area contributed by atoms with Gasteiger partial charge in [0.2, 0.25) is 5.95 Å². The second-order valence-electron chi connectivity index (χ2n) is 14.4. The normalized spacial score (nSPS) is 11.9. The summed E-state index contributed by atoms with van der Waals surface area (Å²) in [5.41, 5.74) is 10.4. The molecule has 4 heterocycles. The summed E-state index contributed by atoms with van der Waals surface area (Å²) >= 11 is 0. The Morgan fingerprint density at radius 1 is 0.281 bits per heavy atom. The van der Waals surface area contributed by atoms with Crippen LogP contribution in [0.3, 0.4) is 0 Å². The van der Waals surface area contributed by atoms with Gasteiger partial charge in [-0.05, 0) is 60.7 Å². The lowest BCUT2D eigenvalue weighted by Crippen LogP contribution is -2.08. The number of hydrogen-bond acceptors (Lipinski definition) is 3. The fourth-order valence-electron chi connectivity index (χ4n) is 8.93. The number of rotatable bonds is 5. The lowest BCUT2D eigenvalue weighted by molar-refractivity contribution is 0.952. The molecule has 0 aliphatic carbocycles. The molecule has 0 bridgehead atoms. The summed E-state index contributed by atoms with van der Waals surface area (Å²) < 4.78 is 6.88. The lowest BCUT2D eigenvalue weighted by atomic mass is 10.1. The molecule has 12 aromatic rings. The molecule has 0 aliphatic heterocycles. The predicted octanol–water partition coefficient (Wildman–Crippen LogP) is 12.5. The van der Waals surface area contributed by atoms with Crippen molar-refractivity contribution >= 4 is 65.4 Å². The van der Waals surface area contributed by atoms with E-state index in [0.717, 1.165) is 71.8 Å². The zero-order chi connectivity index (χ0) is 37.5. The Bertz CT molecular complexity index is 3430. The van der Waals surface area contributed by atoms with E-state index in [1.165, 1.54) is 16.2 Å². The molecule has 0 saturated carbocycles. The smallest absolute Gasteiger partial charge is 0.238 e. The maximum Gasteiger partial charge on any atom is 0.238 e. The van der Waals surface area contributed by atoms with Crippen molar-refractivity contribution in [2.75, 3.05) is 0 Å². The first-order valence-electron chi connectivity index (χ1n) is 19.2. The summed E-state index contributed by atoms with van der Waals surface area (Å²) in [6.07, 6.45) is 0. The van der Waals surface area contributed by atoms with Gasteiger partial charge in [-0.15, -0.1) is 0 Å². The van der Waals surface area contributed by atoms with Crippen LogP contribution in [0, 0.1) is 0 Å². The first kappa shape index (κ1) is 31.5. The number of fused-ring (bicyclic) bond motifs is 9. The van der Waals surface area contributed by atoms with Crippen LogP contribution < -0.4 is 0 Å². The summed E-state index contributed by atoms with van der Waals surface area (Å²) in [4.78, 5) is 16.3. The molecule has 0 fully saturated rings. The third-order valence-corrected chi connectivity index (χ3v) is 11.3. The highest BCUT2D eigenvalue weighted by molar-refractivity contribution is 6.14. The third kappa shape index (κ3) is 4.68. The minimum atomic E-state index is 0.559. The molecule has 0 unspecified atom stereocenters. The second-order valence-corrected chi connectivity index (χ2v) is 14.4. The van der Waals surface area contributed by atoms with Gasteiger partial charge in [0.15, 0.2) is 11.6 Å². The van der Waals surface area contributed by atoms with Crippen LogP contribution in [-0.2, 0) is 0 Å². The number of benzene rings is 8. The van der Waals surface area contributed by atoms with Crippen LogP contribution in [0.15, 0.2) is 194 Å². The number of para-hydroxylation sites is 8. The Balaban J connectivity index is 1.21. The fraction of sp³-hybridized carbons (Fsp3) is 0. The molecular formula is C51H32N6. The van der Waals surface area contributed by atoms with Gasteiger partial charge in [-0.2, -0.15) is 9.97 Å². The highest BCUT2D eigenvalue weighted by Crippen LogP contribution is 2.40. The van der Waals surface area contributed by atoms with Gasteiger partial charge in [-0.3, -0.25) is 4.57 Å². The highest BCUT2D eigenvalue weighted by Gasteiger charge is 2.23. The molecule has 0 atom stereocenters. The fourth-order valence-corrected chi connectivity index (χ4v) is 8.93. The van der Waals surface area contributed by atoms with E-state index in [4.69, 9.17) is 15.0 Å². The molecule has 0 amide bonds. The van der Waals surface area contributed by atoms with E-state index in [0.29, 0.717) is 17.6 Å². The molecule has 0 aliphatic rings. The Hall–Kier alpha value is -7.83. The van der Waals surface area contributed by atoms with Gasteiger partial charge >= 0.3 is 0 Å². The molecule has 0 saturated heterocycles. The largest absolute Gasteiger partial charge is 0.309 e. The summed E-state index contributed by atoms with van der Waals surface area (Å²) in [6, 6.07) is 68.3. The summed E-state index contributed by atoms with van der Waals surface area (Å²) in [5.74, 6) is 1.75. The highest BCUT2D eigenvalue weighted by atomic mass is 15.2. The molecule has 57 heavy (non-hydrogen) atoms. The van der Waals surface area contributed by atoms with Crippen molar-refractivity contribution in [3.05, 3.63) is 194 Å². The zero-order valence-electron chi connectivity index (χ0n) is 30.7. The first-order valence-corrected chi connectivity index (χ1v) is 19.2. The maximum atomic E-state index is 5.47. The van der Waals surface area contributed by atoms with Crippen LogP contribution in [-0.4, -0.2) is 28.7 Å². The van der Waals surface area contributed by atoms with E-state index in [2.05, 4.69) is 208 Å².